The molecule has 7 heteroatoms. The molecule has 1 saturated heterocycles. The normalized spacial score (nSPS) is 23.2. The van der Waals surface area contributed by atoms with Crippen LogP contribution in [0, 0.1) is 13.8 Å². The Morgan fingerprint density at radius 2 is 1.83 bits per heavy atom. The molecule has 2 heterocycles. The van der Waals surface area contributed by atoms with Crippen molar-refractivity contribution in [2.45, 2.75) is 77.5 Å². The van der Waals surface area contributed by atoms with Gasteiger partial charge >= 0.3 is 0 Å². The smallest absolute Gasteiger partial charge is 0.246 e. The lowest BCUT2D eigenvalue weighted by molar-refractivity contribution is -0.109. The van der Waals surface area contributed by atoms with Crippen LogP contribution >= 0.6 is 0 Å². The van der Waals surface area contributed by atoms with Crippen molar-refractivity contribution in [1.82, 2.24) is 14.1 Å². The molecule has 0 saturated carbocycles. The lowest BCUT2D eigenvalue weighted by Crippen LogP contribution is -2.53. The molecule has 23 heavy (non-hydrogen) atoms. The van der Waals surface area contributed by atoms with E-state index < -0.39 is 15.6 Å². The second-order valence-corrected chi connectivity index (χ2v) is 9.94. The molecule has 0 unspecified atom stereocenters. The minimum absolute atomic E-state index is 0.133. The summed E-state index contributed by atoms with van der Waals surface area (Å²) in [7, 11) is -3.60. The van der Waals surface area contributed by atoms with Crippen molar-refractivity contribution in [1.29, 1.82) is 0 Å². The van der Waals surface area contributed by atoms with Crippen LogP contribution in [0.1, 0.15) is 52.9 Å². The number of ether oxygens (including phenoxy) is 1. The van der Waals surface area contributed by atoms with Gasteiger partial charge in [-0.15, -0.1) is 0 Å². The average Bonchev–Trinajstić information content (AvgIpc) is 2.62. The summed E-state index contributed by atoms with van der Waals surface area (Å²) in [5, 5.41) is 4.48. The van der Waals surface area contributed by atoms with Crippen molar-refractivity contribution < 1.29 is 13.2 Å². The second kappa shape index (κ2) is 5.57. The molecular formula is C16H29N3O3S. The molecular weight excluding hydrogens is 314 g/mol. The maximum Gasteiger partial charge on any atom is 0.246 e. The molecule has 1 aliphatic rings. The highest BCUT2D eigenvalue weighted by Gasteiger charge is 2.40. The van der Waals surface area contributed by atoms with Crippen LogP contribution in [0.5, 0.6) is 0 Å². The van der Waals surface area contributed by atoms with E-state index >= 15 is 0 Å². The van der Waals surface area contributed by atoms with Crippen molar-refractivity contribution in [3.8, 4) is 0 Å². The molecule has 2 rings (SSSR count). The van der Waals surface area contributed by atoms with E-state index in [0.717, 1.165) is 0 Å². The van der Waals surface area contributed by atoms with E-state index in [-0.39, 0.29) is 11.6 Å². The molecule has 1 atom stereocenters. The number of aryl methyl sites for hydroxylation is 1. The maximum absolute atomic E-state index is 13.2. The van der Waals surface area contributed by atoms with Crippen LogP contribution in [0.25, 0.3) is 0 Å². The molecule has 1 aromatic heterocycles. The van der Waals surface area contributed by atoms with Crippen molar-refractivity contribution in [3.63, 3.8) is 0 Å². The highest BCUT2D eigenvalue weighted by molar-refractivity contribution is 7.89. The summed E-state index contributed by atoms with van der Waals surface area (Å²) in [5.74, 6) is 0. The van der Waals surface area contributed by atoms with Gasteiger partial charge in [0.25, 0.3) is 0 Å². The Kier molecular flexibility index (Phi) is 4.46. The van der Waals surface area contributed by atoms with E-state index in [0.29, 0.717) is 29.4 Å². The number of aromatic nitrogens is 2. The van der Waals surface area contributed by atoms with Gasteiger partial charge in [-0.25, -0.2) is 8.42 Å². The third-order valence-corrected chi connectivity index (χ3v) is 6.06. The van der Waals surface area contributed by atoms with Gasteiger partial charge in [0.2, 0.25) is 10.0 Å². The molecule has 6 nitrogen and oxygen atoms in total. The van der Waals surface area contributed by atoms with Crippen molar-refractivity contribution in [2.75, 3.05) is 13.1 Å². The predicted molar refractivity (Wildman–Crippen MR) is 90.1 cm³/mol. The SMILES string of the molecule is Cc1nn(C(C)(C)C)c(C)c1S(=O)(=O)N1C[C@@H](C)OC(C)(C)C1. The van der Waals surface area contributed by atoms with E-state index in [1.807, 2.05) is 48.5 Å². The fourth-order valence-corrected chi connectivity index (χ4v) is 5.38. The maximum atomic E-state index is 13.2. The van der Waals surface area contributed by atoms with Gasteiger partial charge in [0.05, 0.1) is 28.6 Å². The fraction of sp³-hybridized carbons (Fsp3) is 0.812. The molecule has 1 aromatic rings. The molecule has 1 fully saturated rings. The third-order valence-electron chi connectivity index (χ3n) is 4.00. The van der Waals surface area contributed by atoms with E-state index in [4.69, 9.17) is 4.74 Å². The third kappa shape index (κ3) is 3.46. The summed E-state index contributed by atoms with van der Waals surface area (Å²) >= 11 is 0. The van der Waals surface area contributed by atoms with Crippen LogP contribution in [0.4, 0.5) is 0 Å². The first kappa shape index (κ1) is 18.4. The monoisotopic (exact) mass is 343 g/mol. The van der Waals surface area contributed by atoms with Gasteiger partial charge in [0.15, 0.2) is 0 Å². The summed E-state index contributed by atoms with van der Waals surface area (Å²) in [6.07, 6.45) is -0.133. The summed E-state index contributed by atoms with van der Waals surface area (Å²) in [5.41, 5.74) is 0.480. The first-order chi connectivity index (χ1) is 10.3. The molecule has 0 amide bonds. The van der Waals surface area contributed by atoms with Gasteiger partial charge in [-0.1, -0.05) is 0 Å². The summed E-state index contributed by atoms with van der Waals surface area (Å²) in [6.45, 7) is 16.1. The van der Waals surface area contributed by atoms with Crippen molar-refractivity contribution in [3.05, 3.63) is 11.4 Å². The summed E-state index contributed by atoms with van der Waals surface area (Å²) < 4.78 is 35.6. The Morgan fingerprint density at radius 3 is 2.26 bits per heavy atom. The van der Waals surface area contributed by atoms with E-state index in [9.17, 15) is 8.42 Å². The van der Waals surface area contributed by atoms with Gasteiger partial charge in [-0.2, -0.15) is 9.40 Å². The number of hydrogen-bond acceptors (Lipinski definition) is 4. The minimum atomic E-state index is -3.60. The standard InChI is InChI=1S/C16H29N3O3S/c1-11-9-18(10-16(7,8)22-11)23(20,21)14-12(2)17-19(13(14)3)15(4,5)6/h11H,9-10H2,1-8H3/t11-/m1/s1. The predicted octanol–water partition coefficient (Wildman–Crippen LogP) is 2.44. The molecule has 0 aromatic carbocycles. The summed E-state index contributed by atoms with van der Waals surface area (Å²) in [4.78, 5) is 0.331. The van der Waals surface area contributed by atoms with Crippen LogP contribution < -0.4 is 0 Å². The average molecular weight is 343 g/mol. The van der Waals surface area contributed by atoms with Gasteiger partial charge in [0.1, 0.15) is 4.90 Å². The molecule has 1 aliphatic heterocycles. The Bertz CT molecular complexity index is 699. The van der Waals surface area contributed by atoms with Crippen LogP contribution in [-0.4, -0.2) is 47.3 Å². The topological polar surface area (TPSA) is 64.4 Å². The van der Waals surface area contributed by atoms with E-state index in [1.54, 1.807) is 11.6 Å². The minimum Gasteiger partial charge on any atom is -0.370 e. The highest BCUT2D eigenvalue weighted by atomic mass is 32.2. The largest absolute Gasteiger partial charge is 0.370 e. The Morgan fingerprint density at radius 1 is 1.26 bits per heavy atom. The zero-order chi connectivity index (χ0) is 17.8. The Hall–Kier alpha value is -0.920. The van der Waals surface area contributed by atoms with Gasteiger partial charge in [0, 0.05) is 13.1 Å². The number of sulfonamides is 1. The second-order valence-electron chi connectivity index (χ2n) is 8.07. The molecule has 0 radical (unpaired) electrons. The summed E-state index contributed by atoms with van der Waals surface area (Å²) in [6, 6.07) is 0. The van der Waals surface area contributed by atoms with E-state index in [1.165, 1.54) is 4.31 Å². The lowest BCUT2D eigenvalue weighted by atomic mass is 10.1. The first-order valence-electron chi connectivity index (χ1n) is 8.00. The highest BCUT2D eigenvalue weighted by Crippen LogP contribution is 2.31. The molecule has 0 spiro atoms. The van der Waals surface area contributed by atoms with Gasteiger partial charge in [-0.3, -0.25) is 4.68 Å². The molecule has 132 valence electrons. The number of morpholine rings is 1. The zero-order valence-electron chi connectivity index (χ0n) is 15.5. The van der Waals surface area contributed by atoms with Crippen molar-refractivity contribution in [2.24, 2.45) is 0 Å². The molecule has 0 aliphatic carbocycles. The number of rotatable bonds is 2. The van der Waals surface area contributed by atoms with Crippen LogP contribution in [0.15, 0.2) is 4.90 Å². The fourth-order valence-electron chi connectivity index (χ4n) is 3.36. The molecule has 0 bridgehead atoms. The van der Waals surface area contributed by atoms with Crippen molar-refractivity contribution >= 4 is 10.0 Å². The first-order valence-corrected chi connectivity index (χ1v) is 9.44. The van der Waals surface area contributed by atoms with E-state index in [2.05, 4.69) is 5.10 Å². The Labute approximate surface area is 139 Å². The zero-order valence-corrected chi connectivity index (χ0v) is 16.3. The Balaban J connectivity index is 2.51. The van der Waals surface area contributed by atoms with Crippen LogP contribution in [0.2, 0.25) is 0 Å². The van der Waals surface area contributed by atoms with Gasteiger partial charge in [-0.05, 0) is 55.4 Å². The number of hydrogen-bond donors (Lipinski definition) is 0. The molecule has 0 N–H and O–H groups in total. The number of nitrogens with zero attached hydrogens (tertiary/aromatic N) is 3. The van der Waals surface area contributed by atoms with Crippen LogP contribution in [-0.2, 0) is 20.3 Å². The lowest BCUT2D eigenvalue weighted by Gasteiger charge is -2.40. The van der Waals surface area contributed by atoms with Gasteiger partial charge < -0.3 is 4.74 Å². The quantitative estimate of drug-likeness (QED) is 0.827. The van der Waals surface area contributed by atoms with Crippen LogP contribution in [0.3, 0.4) is 0 Å².